The van der Waals surface area contributed by atoms with Gasteiger partial charge in [0.1, 0.15) is 0 Å². The van der Waals surface area contributed by atoms with Crippen LogP contribution in [0.25, 0.3) is 0 Å². The average molecular weight is 268 g/mol. The van der Waals surface area contributed by atoms with Gasteiger partial charge in [-0.1, -0.05) is 0 Å². The van der Waals surface area contributed by atoms with E-state index in [4.69, 9.17) is 29.5 Å². The Balaban J connectivity index is 0. The van der Waals surface area contributed by atoms with Crippen LogP contribution in [0.2, 0.25) is 0 Å². The zero-order chi connectivity index (χ0) is 14.4. The minimum atomic E-state index is -0.422. The molecule has 112 valence electrons. The largest absolute Gasteiger partial charge is 0.394 e. The number of ether oxygens (including phenoxy) is 3. The molecule has 0 aromatic heterocycles. The summed E-state index contributed by atoms with van der Waals surface area (Å²) in [5.41, 5.74) is 0. The van der Waals surface area contributed by atoms with Crippen LogP contribution in [-0.4, -0.2) is 73.8 Å². The molecule has 0 aliphatic carbocycles. The van der Waals surface area contributed by atoms with Crippen LogP contribution in [0.3, 0.4) is 0 Å². The third-order valence-electron chi connectivity index (χ3n) is 1.74. The predicted octanol–water partition coefficient (Wildman–Crippen LogP) is -0.205. The molecule has 0 aliphatic rings. The summed E-state index contributed by atoms with van der Waals surface area (Å²) < 4.78 is 15.7. The number of aliphatic hydroxyl groups excluding tert-OH is 3. The van der Waals surface area contributed by atoms with Crippen molar-refractivity contribution >= 4 is 0 Å². The molecule has 18 heavy (non-hydrogen) atoms. The number of methoxy groups -OCH3 is 1. The third kappa shape index (κ3) is 18.1. The first-order chi connectivity index (χ1) is 8.47. The maximum Gasteiger partial charge on any atom is 0.0781 e. The summed E-state index contributed by atoms with van der Waals surface area (Å²) in [5.74, 6) is 0. The van der Waals surface area contributed by atoms with Crippen LogP contribution < -0.4 is 0 Å². The molecule has 3 atom stereocenters. The molecule has 0 aromatic rings. The summed E-state index contributed by atoms with van der Waals surface area (Å²) in [5, 5.41) is 24.2. The number of aliphatic hydroxyl groups is 3. The monoisotopic (exact) mass is 268 g/mol. The maximum absolute atomic E-state index is 8.98. The summed E-state index contributed by atoms with van der Waals surface area (Å²) in [7, 11) is 1.65. The van der Waals surface area contributed by atoms with Gasteiger partial charge in [0.25, 0.3) is 0 Å². The third-order valence-corrected chi connectivity index (χ3v) is 1.74. The molecule has 0 radical (unpaired) electrons. The fourth-order valence-corrected chi connectivity index (χ4v) is 0.934. The van der Waals surface area contributed by atoms with Gasteiger partial charge in [-0.15, -0.1) is 0 Å². The minimum Gasteiger partial charge on any atom is -0.394 e. The number of rotatable bonds is 9. The summed E-state index contributed by atoms with van der Waals surface area (Å²) in [4.78, 5) is 0. The Morgan fingerprint density at radius 1 is 0.833 bits per heavy atom. The zero-order valence-electron chi connectivity index (χ0n) is 11.8. The molecule has 0 amide bonds. The van der Waals surface area contributed by atoms with Gasteiger partial charge in [-0.2, -0.15) is 0 Å². The highest BCUT2D eigenvalue weighted by molar-refractivity contribution is 4.53. The fraction of sp³-hybridized carbons (Fsp3) is 1.00. The Kier molecular flexibility index (Phi) is 16.5. The van der Waals surface area contributed by atoms with Gasteiger partial charge in [0, 0.05) is 7.11 Å². The topological polar surface area (TPSA) is 88.4 Å². The highest BCUT2D eigenvalue weighted by Crippen LogP contribution is 1.98. The van der Waals surface area contributed by atoms with Crippen LogP contribution >= 0.6 is 0 Å². The van der Waals surface area contributed by atoms with E-state index in [2.05, 4.69) is 0 Å². The van der Waals surface area contributed by atoms with E-state index in [0.29, 0.717) is 19.8 Å². The Bertz CT molecular complexity index is 152. The Morgan fingerprint density at radius 2 is 1.28 bits per heavy atom. The van der Waals surface area contributed by atoms with Crippen molar-refractivity contribution in [2.24, 2.45) is 0 Å². The van der Waals surface area contributed by atoms with Crippen molar-refractivity contribution in [2.75, 3.05) is 40.1 Å². The number of hydrogen-bond acceptors (Lipinski definition) is 6. The summed E-state index contributed by atoms with van der Waals surface area (Å²) >= 11 is 0. The van der Waals surface area contributed by atoms with E-state index < -0.39 is 6.10 Å². The van der Waals surface area contributed by atoms with Crippen molar-refractivity contribution in [3.8, 4) is 0 Å². The van der Waals surface area contributed by atoms with Crippen LogP contribution in [0.1, 0.15) is 20.8 Å². The standard InChI is InChI=1S/C10H22O4.C2H6O2/c1-8(11)5-13-10(3)7-14-9(2)6-12-4;3-1-2-4/h8-11H,5-7H2,1-4H3;3-4H,1-2H2. The van der Waals surface area contributed by atoms with Gasteiger partial charge in [0.05, 0.1) is 51.3 Å². The first kappa shape index (κ1) is 20.1. The minimum absolute atomic E-state index is 0.00362. The van der Waals surface area contributed by atoms with Crippen molar-refractivity contribution in [1.29, 1.82) is 0 Å². The lowest BCUT2D eigenvalue weighted by Crippen LogP contribution is -2.25. The van der Waals surface area contributed by atoms with E-state index in [1.807, 2.05) is 13.8 Å². The van der Waals surface area contributed by atoms with Crippen LogP contribution in [0.5, 0.6) is 0 Å². The lowest BCUT2D eigenvalue weighted by molar-refractivity contribution is -0.0657. The van der Waals surface area contributed by atoms with Crippen molar-refractivity contribution in [1.82, 2.24) is 0 Å². The molecule has 0 fully saturated rings. The van der Waals surface area contributed by atoms with Gasteiger partial charge >= 0.3 is 0 Å². The van der Waals surface area contributed by atoms with Crippen molar-refractivity contribution in [3.63, 3.8) is 0 Å². The summed E-state index contributed by atoms with van der Waals surface area (Å²) in [6.07, 6.45) is -0.338. The van der Waals surface area contributed by atoms with E-state index in [-0.39, 0.29) is 25.4 Å². The summed E-state index contributed by atoms with van der Waals surface area (Å²) in [6.45, 7) is 6.78. The Morgan fingerprint density at radius 3 is 1.67 bits per heavy atom. The normalized spacial score (nSPS) is 15.5. The highest BCUT2D eigenvalue weighted by atomic mass is 16.6. The summed E-state index contributed by atoms with van der Waals surface area (Å²) in [6, 6.07) is 0. The van der Waals surface area contributed by atoms with E-state index in [0.717, 1.165) is 0 Å². The van der Waals surface area contributed by atoms with Crippen molar-refractivity contribution < 1.29 is 29.5 Å². The maximum atomic E-state index is 8.98. The van der Waals surface area contributed by atoms with E-state index >= 15 is 0 Å². The predicted molar refractivity (Wildman–Crippen MR) is 68.6 cm³/mol. The van der Waals surface area contributed by atoms with Crippen LogP contribution in [0.4, 0.5) is 0 Å². The quantitative estimate of drug-likeness (QED) is 0.536. The lowest BCUT2D eigenvalue weighted by Gasteiger charge is -2.17. The van der Waals surface area contributed by atoms with E-state index in [1.165, 1.54) is 0 Å². The van der Waals surface area contributed by atoms with Crippen LogP contribution in [0.15, 0.2) is 0 Å². The van der Waals surface area contributed by atoms with E-state index in [1.54, 1.807) is 14.0 Å². The molecule has 3 unspecified atom stereocenters. The molecular formula is C12H28O6. The van der Waals surface area contributed by atoms with E-state index in [9.17, 15) is 0 Å². The molecular weight excluding hydrogens is 240 g/mol. The van der Waals surface area contributed by atoms with Crippen molar-refractivity contribution in [3.05, 3.63) is 0 Å². The van der Waals surface area contributed by atoms with Gasteiger partial charge in [-0.3, -0.25) is 0 Å². The van der Waals surface area contributed by atoms with Gasteiger partial charge in [-0.05, 0) is 20.8 Å². The Labute approximate surface area is 109 Å². The Hall–Kier alpha value is -0.240. The second-order valence-electron chi connectivity index (χ2n) is 4.04. The second-order valence-corrected chi connectivity index (χ2v) is 4.04. The number of hydrogen-bond donors (Lipinski definition) is 3. The van der Waals surface area contributed by atoms with Gasteiger partial charge in [0.15, 0.2) is 0 Å². The van der Waals surface area contributed by atoms with Crippen LogP contribution in [-0.2, 0) is 14.2 Å². The van der Waals surface area contributed by atoms with Crippen LogP contribution in [0, 0.1) is 0 Å². The van der Waals surface area contributed by atoms with Gasteiger partial charge in [-0.25, -0.2) is 0 Å². The molecule has 6 nitrogen and oxygen atoms in total. The fourth-order valence-electron chi connectivity index (χ4n) is 0.934. The van der Waals surface area contributed by atoms with Crippen molar-refractivity contribution in [2.45, 2.75) is 39.1 Å². The molecule has 0 bridgehead atoms. The smallest absolute Gasteiger partial charge is 0.0781 e. The zero-order valence-corrected chi connectivity index (χ0v) is 11.8. The molecule has 0 aromatic carbocycles. The SMILES string of the molecule is COCC(C)OCC(C)OCC(C)O.OCCO. The lowest BCUT2D eigenvalue weighted by atomic mass is 10.4. The first-order valence-electron chi connectivity index (χ1n) is 6.09. The molecule has 0 heterocycles. The molecule has 0 rings (SSSR count). The molecule has 0 saturated carbocycles. The molecule has 0 aliphatic heterocycles. The molecule has 0 saturated heterocycles. The van der Waals surface area contributed by atoms with Gasteiger partial charge in [0.2, 0.25) is 0 Å². The first-order valence-corrected chi connectivity index (χ1v) is 6.09. The average Bonchev–Trinajstić information content (AvgIpc) is 2.34. The highest BCUT2D eigenvalue weighted by Gasteiger charge is 2.07. The second kappa shape index (κ2) is 14.8. The molecule has 0 spiro atoms. The van der Waals surface area contributed by atoms with Gasteiger partial charge < -0.3 is 29.5 Å². The molecule has 3 N–H and O–H groups in total. The molecule has 6 heteroatoms.